The maximum Gasteiger partial charge on any atom is 0.216 e. The van der Waals surface area contributed by atoms with Crippen molar-refractivity contribution in [3.05, 3.63) is 0 Å². The molecule has 1 heterocycles. The second kappa shape index (κ2) is 3.96. The van der Waals surface area contributed by atoms with E-state index in [1.165, 1.54) is 0 Å². The van der Waals surface area contributed by atoms with Crippen molar-refractivity contribution >= 4 is 10.0 Å². The first kappa shape index (κ1) is 11.0. The van der Waals surface area contributed by atoms with Gasteiger partial charge in [0.15, 0.2) is 0 Å². The minimum atomic E-state index is -2.99. The molecule has 0 N–H and O–H groups in total. The normalized spacial score (nSPS) is 22.5. The maximum atomic E-state index is 11.7. The summed E-state index contributed by atoms with van der Waals surface area (Å²) in [6.07, 6.45) is 2.01. The Balaban J connectivity index is 2.64. The molecule has 1 saturated heterocycles. The van der Waals surface area contributed by atoms with E-state index >= 15 is 0 Å². The highest BCUT2D eigenvalue weighted by molar-refractivity contribution is 7.89. The molecule has 0 atom stereocenters. The molecule has 0 unspecified atom stereocenters. The van der Waals surface area contributed by atoms with Crippen molar-refractivity contribution in [2.45, 2.75) is 38.9 Å². The van der Waals surface area contributed by atoms with Crippen molar-refractivity contribution in [1.82, 2.24) is 4.31 Å². The highest BCUT2D eigenvalue weighted by atomic mass is 32.2. The molecule has 13 heavy (non-hydrogen) atoms. The average Bonchev–Trinajstić information content (AvgIpc) is 2.04. The van der Waals surface area contributed by atoms with E-state index in [1.54, 1.807) is 18.2 Å². The van der Waals surface area contributed by atoms with Crippen LogP contribution in [0.4, 0.5) is 0 Å². The molecular weight excluding hydrogens is 186 g/mol. The third-order valence-electron chi connectivity index (χ3n) is 2.70. The zero-order chi connectivity index (χ0) is 10.1. The SMILES string of the molecule is CC1CCN(S(=O)(=O)C(C)C)CC1. The highest BCUT2D eigenvalue weighted by Gasteiger charge is 2.28. The molecule has 1 aliphatic rings. The van der Waals surface area contributed by atoms with Crippen LogP contribution in [0.3, 0.4) is 0 Å². The van der Waals surface area contributed by atoms with E-state index in [9.17, 15) is 8.42 Å². The van der Waals surface area contributed by atoms with Crippen LogP contribution < -0.4 is 0 Å². The largest absolute Gasteiger partial charge is 0.216 e. The van der Waals surface area contributed by atoms with Gasteiger partial charge in [-0.3, -0.25) is 0 Å². The summed E-state index contributed by atoms with van der Waals surface area (Å²) in [4.78, 5) is 0. The number of hydrogen-bond donors (Lipinski definition) is 0. The summed E-state index contributed by atoms with van der Waals surface area (Å²) in [6, 6.07) is 0. The van der Waals surface area contributed by atoms with Crippen LogP contribution >= 0.6 is 0 Å². The van der Waals surface area contributed by atoms with Gasteiger partial charge in [-0.2, -0.15) is 0 Å². The molecule has 1 aliphatic heterocycles. The first-order valence-electron chi connectivity index (χ1n) is 4.93. The third-order valence-corrected chi connectivity index (χ3v) is 4.97. The van der Waals surface area contributed by atoms with E-state index < -0.39 is 10.0 Å². The second-order valence-electron chi connectivity index (χ2n) is 4.18. The van der Waals surface area contributed by atoms with Gasteiger partial charge in [-0.1, -0.05) is 6.92 Å². The molecule has 0 radical (unpaired) electrons. The topological polar surface area (TPSA) is 37.4 Å². The maximum absolute atomic E-state index is 11.7. The predicted octanol–water partition coefficient (Wildman–Crippen LogP) is 1.46. The fourth-order valence-electron chi connectivity index (χ4n) is 1.54. The van der Waals surface area contributed by atoms with Crippen molar-refractivity contribution in [1.29, 1.82) is 0 Å². The molecule has 0 saturated carbocycles. The van der Waals surface area contributed by atoms with Crippen molar-refractivity contribution in [3.63, 3.8) is 0 Å². The lowest BCUT2D eigenvalue weighted by atomic mass is 10.0. The van der Waals surface area contributed by atoms with Crippen LogP contribution in [0.1, 0.15) is 33.6 Å². The van der Waals surface area contributed by atoms with Crippen LogP contribution in [0.15, 0.2) is 0 Å². The first-order chi connectivity index (χ1) is 5.94. The Morgan fingerprint density at radius 1 is 1.23 bits per heavy atom. The summed E-state index contributed by atoms with van der Waals surface area (Å²) in [6.45, 7) is 7.09. The van der Waals surface area contributed by atoms with Crippen molar-refractivity contribution in [3.8, 4) is 0 Å². The van der Waals surface area contributed by atoms with E-state index in [1.807, 2.05) is 0 Å². The quantitative estimate of drug-likeness (QED) is 0.684. The first-order valence-corrected chi connectivity index (χ1v) is 6.44. The number of rotatable bonds is 2. The number of nitrogens with zero attached hydrogens (tertiary/aromatic N) is 1. The van der Waals surface area contributed by atoms with E-state index in [2.05, 4.69) is 6.92 Å². The van der Waals surface area contributed by atoms with Gasteiger partial charge in [0, 0.05) is 13.1 Å². The van der Waals surface area contributed by atoms with Crippen LogP contribution in [-0.2, 0) is 10.0 Å². The Hall–Kier alpha value is -0.0900. The molecule has 4 heteroatoms. The number of sulfonamides is 1. The van der Waals surface area contributed by atoms with E-state index in [0.29, 0.717) is 19.0 Å². The summed E-state index contributed by atoms with van der Waals surface area (Å²) < 4.78 is 25.1. The Kier molecular flexibility index (Phi) is 3.35. The molecule has 0 aromatic heterocycles. The third kappa shape index (κ3) is 2.44. The molecule has 0 aromatic rings. The Labute approximate surface area is 81.2 Å². The van der Waals surface area contributed by atoms with Gasteiger partial charge in [0.2, 0.25) is 10.0 Å². The van der Waals surface area contributed by atoms with Crippen LogP contribution in [0.2, 0.25) is 0 Å². The molecule has 0 aliphatic carbocycles. The van der Waals surface area contributed by atoms with Crippen LogP contribution in [0, 0.1) is 5.92 Å². The Bertz CT molecular complexity index is 251. The lowest BCUT2D eigenvalue weighted by molar-refractivity contribution is 0.286. The molecule has 0 amide bonds. The van der Waals surface area contributed by atoms with Gasteiger partial charge in [0.25, 0.3) is 0 Å². The van der Waals surface area contributed by atoms with Crippen LogP contribution in [0.5, 0.6) is 0 Å². The smallest absolute Gasteiger partial charge is 0.212 e. The van der Waals surface area contributed by atoms with Gasteiger partial charge in [0.05, 0.1) is 5.25 Å². The zero-order valence-corrected chi connectivity index (χ0v) is 9.47. The van der Waals surface area contributed by atoms with Gasteiger partial charge in [0.1, 0.15) is 0 Å². The lowest BCUT2D eigenvalue weighted by Gasteiger charge is -2.30. The Morgan fingerprint density at radius 2 is 1.69 bits per heavy atom. The predicted molar refractivity (Wildman–Crippen MR) is 54.0 cm³/mol. The highest BCUT2D eigenvalue weighted by Crippen LogP contribution is 2.20. The summed E-state index contributed by atoms with van der Waals surface area (Å²) >= 11 is 0. The minimum Gasteiger partial charge on any atom is -0.212 e. The molecule has 0 bridgehead atoms. The van der Waals surface area contributed by atoms with Gasteiger partial charge in [-0.05, 0) is 32.6 Å². The fourth-order valence-corrected chi connectivity index (χ4v) is 2.85. The fraction of sp³-hybridized carbons (Fsp3) is 1.00. The summed E-state index contributed by atoms with van der Waals surface area (Å²) in [5.74, 6) is 0.679. The van der Waals surface area contributed by atoms with E-state index in [0.717, 1.165) is 12.8 Å². The van der Waals surface area contributed by atoms with E-state index in [4.69, 9.17) is 0 Å². The summed E-state index contributed by atoms with van der Waals surface area (Å²) in [5, 5.41) is -0.277. The van der Waals surface area contributed by atoms with Crippen molar-refractivity contribution < 1.29 is 8.42 Å². The Morgan fingerprint density at radius 3 is 2.08 bits per heavy atom. The monoisotopic (exact) mass is 205 g/mol. The molecule has 3 nitrogen and oxygen atoms in total. The number of piperidine rings is 1. The van der Waals surface area contributed by atoms with Crippen molar-refractivity contribution in [2.75, 3.05) is 13.1 Å². The van der Waals surface area contributed by atoms with Crippen LogP contribution in [-0.4, -0.2) is 31.1 Å². The molecule has 0 aromatic carbocycles. The van der Waals surface area contributed by atoms with Gasteiger partial charge >= 0.3 is 0 Å². The second-order valence-corrected chi connectivity index (χ2v) is 6.66. The van der Waals surface area contributed by atoms with Gasteiger partial charge < -0.3 is 0 Å². The van der Waals surface area contributed by atoms with Crippen LogP contribution in [0.25, 0.3) is 0 Å². The molecule has 1 fully saturated rings. The standard InChI is InChI=1S/C9H19NO2S/c1-8(2)13(11,12)10-6-4-9(3)5-7-10/h8-9H,4-7H2,1-3H3. The zero-order valence-electron chi connectivity index (χ0n) is 8.66. The summed E-state index contributed by atoms with van der Waals surface area (Å²) in [7, 11) is -2.99. The van der Waals surface area contributed by atoms with Gasteiger partial charge in [-0.25, -0.2) is 12.7 Å². The molecular formula is C9H19NO2S. The average molecular weight is 205 g/mol. The van der Waals surface area contributed by atoms with Gasteiger partial charge in [-0.15, -0.1) is 0 Å². The number of hydrogen-bond acceptors (Lipinski definition) is 2. The molecule has 1 rings (SSSR count). The molecule has 78 valence electrons. The summed E-state index contributed by atoms with van der Waals surface area (Å²) in [5.41, 5.74) is 0. The van der Waals surface area contributed by atoms with E-state index in [-0.39, 0.29) is 5.25 Å². The minimum absolute atomic E-state index is 0.277. The lowest BCUT2D eigenvalue weighted by Crippen LogP contribution is -2.41. The molecule has 0 spiro atoms. The van der Waals surface area contributed by atoms with Crippen molar-refractivity contribution in [2.24, 2.45) is 5.92 Å².